The standard InChI is InChI=1S/C20H15ClN4O2S2/c1-11-9-16(26)18(24-25(11)14-6-4-13(21)5-7-14)19(27)23-20-22-15(10-28-20)17-8-3-12(2)29-17/h3-10H,1-2H3,(H,22,23,27). The zero-order valence-corrected chi connectivity index (χ0v) is 17.9. The molecule has 0 radical (unpaired) electrons. The van der Waals surface area contributed by atoms with Crippen LogP contribution in [0.5, 0.6) is 0 Å². The van der Waals surface area contributed by atoms with Gasteiger partial charge in [0.1, 0.15) is 0 Å². The summed E-state index contributed by atoms with van der Waals surface area (Å²) < 4.78 is 1.54. The van der Waals surface area contributed by atoms with Crippen molar-refractivity contribution in [3.8, 4) is 16.3 Å². The molecule has 0 aliphatic heterocycles. The third kappa shape index (κ3) is 4.14. The Bertz CT molecular complexity index is 1260. The molecule has 6 nitrogen and oxygen atoms in total. The highest BCUT2D eigenvalue weighted by atomic mass is 35.5. The number of aromatic nitrogens is 3. The first-order chi connectivity index (χ1) is 13.9. The number of thiophene rings is 1. The third-order valence-electron chi connectivity index (χ3n) is 4.11. The van der Waals surface area contributed by atoms with Crippen LogP contribution < -0.4 is 10.7 Å². The number of carbonyl (C=O) groups excluding carboxylic acids is 1. The first-order valence-corrected chi connectivity index (χ1v) is 10.7. The second kappa shape index (κ2) is 7.90. The maximum atomic E-state index is 12.7. The molecular formula is C20H15ClN4O2S2. The maximum Gasteiger partial charge on any atom is 0.281 e. The Morgan fingerprint density at radius 1 is 1.14 bits per heavy atom. The minimum atomic E-state index is -0.596. The number of nitrogens with zero attached hydrogens (tertiary/aromatic N) is 3. The lowest BCUT2D eigenvalue weighted by Crippen LogP contribution is -2.26. The molecule has 0 aliphatic carbocycles. The van der Waals surface area contributed by atoms with E-state index >= 15 is 0 Å². The number of thiazole rings is 1. The number of rotatable bonds is 4. The van der Waals surface area contributed by atoms with Crippen LogP contribution in [0.15, 0.2) is 52.6 Å². The Hall–Kier alpha value is -2.81. The molecule has 3 aromatic heterocycles. The molecule has 0 aliphatic rings. The molecule has 3 heterocycles. The van der Waals surface area contributed by atoms with Crippen LogP contribution in [0.25, 0.3) is 16.3 Å². The fourth-order valence-corrected chi connectivity index (χ4v) is 4.46. The first-order valence-electron chi connectivity index (χ1n) is 8.61. The molecule has 0 saturated heterocycles. The first kappa shape index (κ1) is 19.5. The molecule has 1 amide bonds. The number of amides is 1. The molecule has 0 unspecified atom stereocenters. The van der Waals surface area contributed by atoms with Gasteiger partial charge in [-0.15, -0.1) is 22.7 Å². The van der Waals surface area contributed by atoms with Crippen molar-refractivity contribution in [2.75, 3.05) is 5.32 Å². The molecule has 0 bridgehead atoms. The van der Waals surface area contributed by atoms with Gasteiger partial charge in [0.15, 0.2) is 10.8 Å². The van der Waals surface area contributed by atoms with Gasteiger partial charge in [-0.1, -0.05) is 11.6 Å². The fraction of sp³-hybridized carbons (Fsp3) is 0.100. The molecule has 0 spiro atoms. The van der Waals surface area contributed by atoms with E-state index in [1.807, 2.05) is 24.4 Å². The Morgan fingerprint density at radius 2 is 1.90 bits per heavy atom. The van der Waals surface area contributed by atoms with Crippen LogP contribution >= 0.6 is 34.3 Å². The molecule has 4 aromatic rings. The Morgan fingerprint density at radius 3 is 2.59 bits per heavy atom. The van der Waals surface area contributed by atoms with Crippen molar-refractivity contribution in [3.05, 3.63) is 79.4 Å². The van der Waals surface area contributed by atoms with Crippen molar-refractivity contribution in [1.29, 1.82) is 0 Å². The van der Waals surface area contributed by atoms with Crippen molar-refractivity contribution in [1.82, 2.24) is 14.8 Å². The number of anilines is 1. The number of carbonyl (C=O) groups is 1. The number of benzene rings is 1. The van der Waals surface area contributed by atoms with E-state index < -0.39 is 11.3 Å². The van der Waals surface area contributed by atoms with Gasteiger partial charge in [0.05, 0.1) is 16.3 Å². The molecule has 4 rings (SSSR count). The quantitative estimate of drug-likeness (QED) is 0.485. The van der Waals surface area contributed by atoms with E-state index in [1.54, 1.807) is 42.5 Å². The van der Waals surface area contributed by atoms with Crippen LogP contribution in [-0.4, -0.2) is 20.7 Å². The van der Waals surface area contributed by atoms with E-state index in [9.17, 15) is 9.59 Å². The summed E-state index contributed by atoms with van der Waals surface area (Å²) in [7, 11) is 0. The Labute approximate surface area is 179 Å². The zero-order chi connectivity index (χ0) is 20.5. The average molecular weight is 443 g/mol. The van der Waals surface area contributed by atoms with E-state index in [4.69, 9.17) is 11.6 Å². The highest BCUT2D eigenvalue weighted by molar-refractivity contribution is 7.17. The number of nitrogens with one attached hydrogen (secondary N) is 1. The number of hydrogen-bond donors (Lipinski definition) is 1. The highest BCUT2D eigenvalue weighted by Crippen LogP contribution is 2.30. The third-order valence-corrected chi connectivity index (χ3v) is 6.14. The minimum absolute atomic E-state index is 0.200. The second-order valence-corrected chi connectivity index (χ2v) is 8.87. The predicted octanol–water partition coefficient (Wildman–Crippen LogP) is 4.94. The summed E-state index contributed by atoms with van der Waals surface area (Å²) in [5, 5.41) is 9.82. The molecule has 0 atom stereocenters. The van der Waals surface area contributed by atoms with E-state index in [0.717, 1.165) is 10.6 Å². The van der Waals surface area contributed by atoms with Gasteiger partial charge < -0.3 is 0 Å². The monoisotopic (exact) mass is 442 g/mol. The lowest BCUT2D eigenvalue weighted by Gasteiger charge is -2.11. The van der Waals surface area contributed by atoms with Crippen molar-refractivity contribution in [2.24, 2.45) is 0 Å². The lowest BCUT2D eigenvalue weighted by atomic mass is 10.2. The number of hydrogen-bond acceptors (Lipinski definition) is 6. The second-order valence-electron chi connectivity index (χ2n) is 6.29. The summed E-state index contributed by atoms with van der Waals surface area (Å²) in [6.45, 7) is 3.78. The van der Waals surface area contributed by atoms with Gasteiger partial charge in [0.25, 0.3) is 5.91 Å². The van der Waals surface area contributed by atoms with E-state index in [0.29, 0.717) is 21.5 Å². The normalized spacial score (nSPS) is 10.9. The van der Waals surface area contributed by atoms with Crippen LogP contribution in [0, 0.1) is 13.8 Å². The fourth-order valence-electron chi connectivity index (χ4n) is 2.72. The highest BCUT2D eigenvalue weighted by Gasteiger charge is 2.17. The summed E-state index contributed by atoms with van der Waals surface area (Å²) in [6.07, 6.45) is 0. The summed E-state index contributed by atoms with van der Waals surface area (Å²) >= 11 is 8.87. The van der Waals surface area contributed by atoms with Gasteiger partial charge in [-0.2, -0.15) is 5.10 Å². The number of halogens is 1. The Kier molecular flexibility index (Phi) is 5.31. The van der Waals surface area contributed by atoms with Gasteiger partial charge in [-0.25, -0.2) is 9.67 Å². The van der Waals surface area contributed by atoms with Crippen molar-refractivity contribution < 1.29 is 4.79 Å². The molecule has 1 aromatic carbocycles. The van der Waals surface area contributed by atoms with Crippen LogP contribution in [0.1, 0.15) is 21.1 Å². The van der Waals surface area contributed by atoms with Gasteiger partial charge in [-0.3, -0.25) is 14.9 Å². The summed E-state index contributed by atoms with van der Waals surface area (Å²) in [5.41, 5.74) is 1.45. The molecule has 29 heavy (non-hydrogen) atoms. The summed E-state index contributed by atoms with van der Waals surface area (Å²) in [6, 6.07) is 12.4. The van der Waals surface area contributed by atoms with Gasteiger partial charge >= 0.3 is 0 Å². The Balaban J connectivity index is 1.62. The summed E-state index contributed by atoms with van der Waals surface area (Å²) in [4.78, 5) is 31.7. The van der Waals surface area contributed by atoms with Crippen LogP contribution in [0.3, 0.4) is 0 Å². The largest absolute Gasteiger partial charge is 0.296 e. The molecule has 9 heteroatoms. The smallest absolute Gasteiger partial charge is 0.281 e. The van der Waals surface area contributed by atoms with Crippen LogP contribution in [0.2, 0.25) is 5.02 Å². The SMILES string of the molecule is Cc1ccc(-c2csc(NC(=O)c3nn(-c4ccc(Cl)cc4)c(C)cc3=O)n2)s1. The van der Waals surface area contributed by atoms with E-state index in [2.05, 4.69) is 15.4 Å². The molecular weight excluding hydrogens is 428 g/mol. The predicted molar refractivity (Wildman–Crippen MR) is 118 cm³/mol. The van der Waals surface area contributed by atoms with Crippen molar-refractivity contribution in [2.45, 2.75) is 13.8 Å². The van der Waals surface area contributed by atoms with Gasteiger partial charge in [0.2, 0.25) is 5.43 Å². The maximum absolute atomic E-state index is 12.7. The van der Waals surface area contributed by atoms with Crippen LogP contribution in [0.4, 0.5) is 5.13 Å². The van der Waals surface area contributed by atoms with E-state index in [1.165, 1.54) is 27.0 Å². The van der Waals surface area contributed by atoms with E-state index in [-0.39, 0.29) is 5.69 Å². The lowest BCUT2D eigenvalue weighted by molar-refractivity contribution is 0.101. The molecule has 0 saturated carbocycles. The average Bonchev–Trinajstić information content (AvgIpc) is 3.31. The van der Waals surface area contributed by atoms with Crippen molar-refractivity contribution in [3.63, 3.8) is 0 Å². The topological polar surface area (TPSA) is 76.9 Å². The number of aryl methyl sites for hydroxylation is 2. The van der Waals surface area contributed by atoms with Crippen molar-refractivity contribution >= 4 is 45.3 Å². The zero-order valence-electron chi connectivity index (χ0n) is 15.5. The van der Waals surface area contributed by atoms with Crippen LogP contribution in [-0.2, 0) is 0 Å². The summed E-state index contributed by atoms with van der Waals surface area (Å²) in [5.74, 6) is -0.596. The van der Waals surface area contributed by atoms with Gasteiger partial charge in [-0.05, 0) is 50.2 Å². The minimum Gasteiger partial charge on any atom is -0.296 e. The molecule has 146 valence electrons. The molecule has 1 N–H and O–H groups in total. The molecule has 0 fully saturated rings. The van der Waals surface area contributed by atoms with Gasteiger partial charge in [0, 0.05) is 27.0 Å².